The third-order valence-electron chi connectivity index (χ3n) is 7.84. The molecule has 1 amide bonds. The highest BCUT2D eigenvalue weighted by Gasteiger charge is 2.30. The third kappa shape index (κ3) is 6.03. The standard InChI is InChI=1S/C30H33F2N7O3/c1-37(19-20-10-12-33-13-11-20)29(40)21-6-8-22(9-7-21)42-26-18-25(35-30(36-26)38-14-16-41-17-15-38)39-24-5-3-2-4-23(24)34-28(39)27(31)32/h2-5,10-13,18,21-22,27H,6-9,14-17,19H2,1H3/t21-,22-. The molecule has 4 heterocycles. The lowest BCUT2D eigenvalue weighted by molar-refractivity contribution is -0.136. The summed E-state index contributed by atoms with van der Waals surface area (Å²) < 4.78 is 41.5. The number of alkyl halides is 2. The molecule has 12 heteroatoms. The molecule has 1 aliphatic heterocycles. The number of nitrogens with zero attached hydrogens (tertiary/aromatic N) is 7. The summed E-state index contributed by atoms with van der Waals surface area (Å²) in [6.45, 7) is 2.74. The molecule has 3 aromatic heterocycles. The summed E-state index contributed by atoms with van der Waals surface area (Å²) in [6.07, 6.45) is 3.25. The van der Waals surface area contributed by atoms with Gasteiger partial charge in [0, 0.05) is 51.1 Å². The average Bonchev–Trinajstić information content (AvgIpc) is 3.42. The molecule has 2 aliphatic rings. The number of amides is 1. The molecule has 0 spiro atoms. The SMILES string of the molecule is CN(Cc1ccncc1)C(=O)[C@H]1CC[C@H](Oc2cc(-n3c(C(F)F)nc4ccccc43)nc(N3CCOCC3)n2)CC1. The van der Waals surface area contributed by atoms with Crippen LogP contribution in [0.4, 0.5) is 14.7 Å². The van der Waals surface area contributed by atoms with Crippen molar-refractivity contribution in [3.63, 3.8) is 0 Å². The van der Waals surface area contributed by atoms with Gasteiger partial charge in [0.1, 0.15) is 11.9 Å². The van der Waals surface area contributed by atoms with Crippen LogP contribution in [0.1, 0.15) is 43.5 Å². The zero-order valence-corrected chi connectivity index (χ0v) is 23.4. The number of hydrogen-bond acceptors (Lipinski definition) is 8. The lowest BCUT2D eigenvalue weighted by Crippen LogP contribution is -2.38. The maximum atomic E-state index is 14.1. The Bertz CT molecular complexity index is 1520. The average molecular weight is 578 g/mol. The van der Waals surface area contributed by atoms with Gasteiger partial charge in [-0.25, -0.2) is 13.8 Å². The van der Waals surface area contributed by atoms with Gasteiger partial charge in [-0.15, -0.1) is 0 Å². The first-order valence-corrected chi connectivity index (χ1v) is 14.2. The number of carbonyl (C=O) groups excluding carboxylic acids is 1. The van der Waals surface area contributed by atoms with Gasteiger partial charge in [0.25, 0.3) is 6.43 Å². The maximum absolute atomic E-state index is 14.1. The minimum absolute atomic E-state index is 0.0764. The van der Waals surface area contributed by atoms with Crippen LogP contribution in [0, 0.1) is 5.92 Å². The fourth-order valence-corrected chi connectivity index (χ4v) is 5.66. The van der Waals surface area contributed by atoms with Crippen molar-refractivity contribution in [2.45, 2.75) is 44.8 Å². The molecule has 2 fully saturated rings. The number of fused-ring (bicyclic) bond motifs is 1. The molecule has 1 aromatic carbocycles. The second-order valence-electron chi connectivity index (χ2n) is 10.7. The van der Waals surface area contributed by atoms with Crippen molar-refractivity contribution in [1.29, 1.82) is 0 Å². The van der Waals surface area contributed by atoms with E-state index in [4.69, 9.17) is 9.47 Å². The monoisotopic (exact) mass is 577 g/mol. The zero-order chi connectivity index (χ0) is 29.1. The van der Waals surface area contributed by atoms with Crippen LogP contribution in [-0.2, 0) is 16.1 Å². The Labute approximate surface area is 242 Å². The summed E-state index contributed by atoms with van der Waals surface area (Å²) in [7, 11) is 1.83. The first kappa shape index (κ1) is 28.0. The molecule has 6 rings (SSSR count). The molecule has 0 radical (unpaired) electrons. The number of para-hydroxylation sites is 2. The van der Waals surface area contributed by atoms with Gasteiger partial charge in [0.05, 0.1) is 24.2 Å². The molecule has 1 saturated heterocycles. The van der Waals surface area contributed by atoms with Crippen LogP contribution in [0.25, 0.3) is 16.9 Å². The van der Waals surface area contributed by atoms with Crippen LogP contribution >= 0.6 is 0 Å². The van der Waals surface area contributed by atoms with Crippen LogP contribution in [0.15, 0.2) is 54.9 Å². The van der Waals surface area contributed by atoms with Gasteiger partial charge in [0.15, 0.2) is 5.82 Å². The van der Waals surface area contributed by atoms with Crippen LogP contribution in [-0.4, -0.2) is 74.8 Å². The number of morpholine rings is 1. The minimum atomic E-state index is -2.80. The topological polar surface area (TPSA) is 98.5 Å². The molecule has 0 bridgehead atoms. The molecule has 0 unspecified atom stereocenters. The summed E-state index contributed by atoms with van der Waals surface area (Å²) >= 11 is 0. The van der Waals surface area contributed by atoms with E-state index < -0.39 is 6.43 Å². The third-order valence-corrected chi connectivity index (χ3v) is 7.84. The van der Waals surface area contributed by atoms with Gasteiger partial charge in [-0.2, -0.15) is 9.97 Å². The van der Waals surface area contributed by atoms with Crippen molar-refractivity contribution < 1.29 is 23.0 Å². The smallest absolute Gasteiger partial charge is 0.296 e. The van der Waals surface area contributed by atoms with E-state index in [1.54, 1.807) is 47.6 Å². The van der Waals surface area contributed by atoms with Crippen LogP contribution in [0.3, 0.4) is 0 Å². The first-order valence-electron chi connectivity index (χ1n) is 14.2. The quantitative estimate of drug-likeness (QED) is 0.300. The molecule has 42 heavy (non-hydrogen) atoms. The summed E-state index contributed by atoms with van der Waals surface area (Å²) in [5.74, 6) is 0.633. The van der Waals surface area contributed by atoms with E-state index in [9.17, 15) is 13.6 Å². The van der Waals surface area contributed by atoms with Crippen LogP contribution in [0.2, 0.25) is 0 Å². The Morgan fingerprint density at radius 1 is 1.05 bits per heavy atom. The van der Waals surface area contributed by atoms with E-state index >= 15 is 0 Å². The molecule has 0 N–H and O–H groups in total. The summed E-state index contributed by atoms with van der Waals surface area (Å²) in [6, 6.07) is 12.4. The Balaban J connectivity index is 1.21. The van der Waals surface area contributed by atoms with Crippen molar-refractivity contribution in [1.82, 2.24) is 29.4 Å². The molecular weight excluding hydrogens is 544 g/mol. The number of ether oxygens (including phenoxy) is 2. The van der Waals surface area contributed by atoms with E-state index in [1.807, 2.05) is 24.1 Å². The minimum Gasteiger partial charge on any atom is -0.474 e. The van der Waals surface area contributed by atoms with Gasteiger partial charge in [-0.1, -0.05) is 12.1 Å². The number of anilines is 1. The van der Waals surface area contributed by atoms with E-state index in [0.717, 1.165) is 5.56 Å². The summed E-state index contributed by atoms with van der Waals surface area (Å²) in [4.78, 5) is 34.4. The largest absolute Gasteiger partial charge is 0.474 e. The van der Waals surface area contributed by atoms with Crippen LogP contribution in [0.5, 0.6) is 5.88 Å². The number of pyridine rings is 1. The number of rotatable bonds is 8. The molecule has 1 aliphatic carbocycles. The Hall–Kier alpha value is -4.19. The molecule has 1 saturated carbocycles. The second-order valence-corrected chi connectivity index (χ2v) is 10.7. The van der Waals surface area contributed by atoms with Gasteiger partial charge >= 0.3 is 0 Å². The van der Waals surface area contributed by atoms with Crippen molar-refractivity contribution in [3.8, 4) is 11.7 Å². The molecular formula is C30H33F2N7O3. The number of aromatic nitrogens is 5. The van der Waals surface area contributed by atoms with E-state index in [0.29, 0.717) is 81.4 Å². The summed E-state index contributed by atoms with van der Waals surface area (Å²) in [5.41, 5.74) is 2.02. The van der Waals surface area contributed by atoms with Crippen molar-refractivity contribution in [2.24, 2.45) is 5.92 Å². The fraction of sp³-hybridized carbons (Fsp3) is 0.433. The lowest BCUT2D eigenvalue weighted by atomic mass is 9.86. The number of benzene rings is 1. The van der Waals surface area contributed by atoms with E-state index in [-0.39, 0.29) is 29.6 Å². The highest BCUT2D eigenvalue weighted by molar-refractivity contribution is 5.79. The van der Waals surface area contributed by atoms with Gasteiger partial charge in [-0.3, -0.25) is 14.3 Å². The van der Waals surface area contributed by atoms with Gasteiger partial charge in [0.2, 0.25) is 17.7 Å². The zero-order valence-electron chi connectivity index (χ0n) is 23.4. The molecule has 0 atom stereocenters. The fourth-order valence-electron chi connectivity index (χ4n) is 5.66. The molecule has 10 nitrogen and oxygen atoms in total. The number of hydrogen-bond donors (Lipinski definition) is 0. The Morgan fingerprint density at radius 3 is 2.52 bits per heavy atom. The first-order chi connectivity index (χ1) is 20.5. The van der Waals surface area contributed by atoms with Gasteiger partial charge < -0.3 is 19.3 Å². The molecule has 4 aromatic rings. The Kier molecular flexibility index (Phi) is 8.22. The van der Waals surface area contributed by atoms with Crippen LogP contribution < -0.4 is 9.64 Å². The predicted octanol–water partition coefficient (Wildman–Crippen LogP) is 4.58. The maximum Gasteiger partial charge on any atom is 0.296 e. The predicted molar refractivity (Wildman–Crippen MR) is 152 cm³/mol. The van der Waals surface area contributed by atoms with E-state index in [2.05, 4.69) is 19.9 Å². The highest BCUT2D eigenvalue weighted by atomic mass is 19.3. The summed E-state index contributed by atoms with van der Waals surface area (Å²) in [5, 5.41) is 0. The normalized spacial score (nSPS) is 19.3. The highest BCUT2D eigenvalue weighted by Crippen LogP contribution is 2.32. The van der Waals surface area contributed by atoms with Gasteiger partial charge in [-0.05, 0) is 55.5 Å². The number of imidazole rings is 1. The number of halogens is 2. The Morgan fingerprint density at radius 2 is 1.79 bits per heavy atom. The van der Waals surface area contributed by atoms with E-state index in [1.165, 1.54) is 4.57 Å². The number of carbonyl (C=O) groups is 1. The molecule has 220 valence electrons. The van der Waals surface area contributed by atoms with Crippen molar-refractivity contribution in [2.75, 3.05) is 38.3 Å². The van der Waals surface area contributed by atoms with Crippen molar-refractivity contribution >= 4 is 22.9 Å². The van der Waals surface area contributed by atoms with Crippen molar-refractivity contribution in [3.05, 3.63) is 66.2 Å². The lowest BCUT2D eigenvalue weighted by Gasteiger charge is -2.31. The second kappa shape index (κ2) is 12.4.